The molecule has 1 aliphatic heterocycles. The Morgan fingerprint density at radius 2 is 1.87 bits per heavy atom. The molecule has 1 heterocycles. The Morgan fingerprint density at radius 1 is 1.27 bits per heavy atom. The average molecular weight is 223 g/mol. The molecule has 0 saturated carbocycles. The van der Waals surface area contributed by atoms with E-state index in [2.05, 4.69) is 16.4 Å². The summed E-state index contributed by atoms with van der Waals surface area (Å²) in [6.45, 7) is 6.98. The van der Waals surface area contributed by atoms with Crippen LogP contribution >= 0.6 is 0 Å². The fourth-order valence-corrected chi connectivity index (χ4v) is 2.94. The van der Waals surface area contributed by atoms with Gasteiger partial charge in [0.15, 0.2) is 0 Å². The maximum Gasteiger partial charge on any atom is 0.100 e. The summed E-state index contributed by atoms with van der Waals surface area (Å²) in [4.78, 5) is 0. The van der Waals surface area contributed by atoms with E-state index in [0.29, 0.717) is 6.04 Å². The first-order valence-corrected chi connectivity index (χ1v) is 6.34. The third-order valence-electron chi connectivity index (χ3n) is 2.49. The van der Waals surface area contributed by atoms with E-state index in [-0.39, 0.29) is 4.75 Å². The van der Waals surface area contributed by atoms with Crippen LogP contribution in [-0.4, -0.2) is 19.8 Å². The molecular formula is C12H17NOS. The van der Waals surface area contributed by atoms with Crippen molar-refractivity contribution in [2.24, 2.45) is 0 Å². The van der Waals surface area contributed by atoms with Gasteiger partial charge in [0.05, 0.1) is 10.8 Å². The van der Waals surface area contributed by atoms with E-state index < -0.39 is 11.0 Å². The van der Waals surface area contributed by atoms with Crippen LogP contribution in [-0.2, 0) is 11.0 Å². The molecule has 82 valence electrons. The highest BCUT2D eigenvalue weighted by atomic mass is 32.2. The molecule has 3 heteroatoms. The van der Waals surface area contributed by atoms with Gasteiger partial charge in [-0.2, -0.15) is 0 Å². The summed E-state index contributed by atoms with van der Waals surface area (Å²) in [5.41, 5.74) is 1.27. The lowest BCUT2D eigenvalue weighted by atomic mass is 10.2. The van der Waals surface area contributed by atoms with E-state index in [0.717, 1.165) is 6.54 Å². The molecule has 1 saturated heterocycles. The van der Waals surface area contributed by atoms with Crippen molar-refractivity contribution in [3.05, 3.63) is 35.9 Å². The standard InChI is InChI=1S/C12H17NOS/c1-12(2,3)15(14)13-9-11(13)10-7-5-4-6-8-10/h4-8,11H,9H2,1-3H3/t11?,13?,15-/m0/s1. The average Bonchev–Trinajstić information content (AvgIpc) is 2.96. The van der Waals surface area contributed by atoms with E-state index in [9.17, 15) is 4.21 Å². The molecule has 0 spiro atoms. The lowest BCUT2D eigenvalue weighted by Gasteiger charge is -2.18. The second-order valence-electron chi connectivity index (χ2n) is 4.89. The maximum atomic E-state index is 12.0. The first kappa shape index (κ1) is 10.8. The Labute approximate surface area is 93.9 Å². The highest BCUT2D eigenvalue weighted by molar-refractivity contribution is 7.84. The summed E-state index contributed by atoms with van der Waals surface area (Å²) in [6.07, 6.45) is 0. The zero-order valence-electron chi connectivity index (χ0n) is 9.43. The molecule has 1 aliphatic rings. The van der Waals surface area contributed by atoms with Gasteiger partial charge in [-0.3, -0.25) is 0 Å². The predicted octanol–water partition coefficient (Wildman–Crippen LogP) is 2.51. The first-order chi connectivity index (χ1) is 7.00. The van der Waals surface area contributed by atoms with Crippen LogP contribution in [0.3, 0.4) is 0 Å². The first-order valence-electron chi connectivity index (χ1n) is 5.24. The van der Waals surface area contributed by atoms with Crippen molar-refractivity contribution < 1.29 is 4.21 Å². The highest BCUT2D eigenvalue weighted by Crippen LogP contribution is 2.39. The Balaban J connectivity index is 2.06. The van der Waals surface area contributed by atoms with Crippen LogP contribution in [0.15, 0.2) is 30.3 Å². The molecule has 0 aliphatic carbocycles. The van der Waals surface area contributed by atoms with Crippen LogP contribution in [0, 0.1) is 0 Å². The van der Waals surface area contributed by atoms with E-state index >= 15 is 0 Å². The Hall–Kier alpha value is -0.670. The second kappa shape index (κ2) is 3.72. The summed E-state index contributed by atoms with van der Waals surface area (Å²) >= 11 is 0. The number of hydrogen-bond donors (Lipinski definition) is 0. The molecule has 0 aromatic heterocycles. The number of hydrogen-bond acceptors (Lipinski definition) is 1. The molecule has 0 amide bonds. The van der Waals surface area contributed by atoms with E-state index in [1.165, 1.54) is 5.56 Å². The van der Waals surface area contributed by atoms with Crippen LogP contribution in [0.1, 0.15) is 32.4 Å². The molecule has 0 N–H and O–H groups in total. The highest BCUT2D eigenvalue weighted by Gasteiger charge is 2.43. The minimum atomic E-state index is -0.875. The molecule has 2 rings (SSSR count). The molecule has 0 bridgehead atoms. The molecular weight excluding hydrogens is 206 g/mol. The van der Waals surface area contributed by atoms with Gasteiger partial charge in [-0.25, -0.2) is 8.51 Å². The number of benzene rings is 1. The van der Waals surface area contributed by atoms with Crippen LogP contribution < -0.4 is 0 Å². The molecule has 2 nitrogen and oxygen atoms in total. The largest absolute Gasteiger partial charge is 0.242 e. The minimum Gasteiger partial charge on any atom is -0.242 e. The lowest BCUT2D eigenvalue weighted by Crippen LogP contribution is -2.27. The van der Waals surface area contributed by atoms with E-state index in [4.69, 9.17) is 0 Å². The van der Waals surface area contributed by atoms with Crippen molar-refractivity contribution in [2.75, 3.05) is 6.54 Å². The van der Waals surface area contributed by atoms with Gasteiger partial charge in [0, 0.05) is 6.54 Å². The summed E-state index contributed by atoms with van der Waals surface area (Å²) in [5, 5.41) is 0. The van der Waals surface area contributed by atoms with Crippen LogP contribution in [0.5, 0.6) is 0 Å². The molecule has 1 aromatic carbocycles. The summed E-state index contributed by atoms with van der Waals surface area (Å²) in [5.74, 6) is 0. The third kappa shape index (κ3) is 2.29. The van der Waals surface area contributed by atoms with Gasteiger partial charge in [-0.15, -0.1) is 0 Å². The molecule has 3 atom stereocenters. The van der Waals surface area contributed by atoms with Crippen LogP contribution in [0.2, 0.25) is 0 Å². The fourth-order valence-electron chi connectivity index (χ4n) is 1.61. The summed E-state index contributed by atoms with van der Waals surface area (Å²) in [7, 11) is -0.875. The molecule has 0 radical (unpaired) electrons. The van der Waals surface area contributed by atoms with Crippen molar-refractivity contribution in [3.63, 3.8) is 0 Å². The summed E-state index contributed by atoms with van der Waals surface area (Å²) in [6, 6.07) is 10.6. The predicted molar refractivity (Wildman–Crippen MR) is 63.8 cm³/mol. The van der Waals surface area contributed by atoms with Crippen molar-refractivity contribution in [3.8, 4) is 0 Å². The van der Waals surface area contributed by atoms with Gasteiger partial charge in [0.2, 0.25) is 0 Å². The van der Waals surface area contributed by atoms with Crippen molar-refractivity contribution in [1.29, 1.82) is 0 Å². The van der Waals surface area contributed by atoms with Gasteiger partial charge in [0.25, 0.3) is 0 Å². The van der Waals surface area contributed by atoms with Crippen molar-refractivity contribution in [1.82, 2.24) is 4.31 Å². The zero-order chi connectivity index (χ0) is 11.1. The maximum absolute atomic E-state index is 12.0. The monoisotopic (exact) mass is 223 g/mol. The van der Waals surface area contributed by atoms with Gasteiger partial charge in [-0.1, -0.05) is 30.3 Å². The topological polar surface area (TPSA) is 20.1 Å². The zero-order valence-corrected chi connectivity index (χ0v) is 10.3. The smallest absolute Gasteiger partial charge is 0.100 e. The normalized spacial score (nSPS) is 27.4. The molecule has 15 heavy (non-hydrogen) atoms. The Kier molecular flexibility index (Phi) is 2.69. The Bertz CT molecular complexity index is 369. The Morgan fingerprint density at radius 3 is 2.40 bits per heavy atom. The lowest BCUT2D eigenvalue weighted by molar-refractivity contribution is 0.607. The summed E-state index contributed by atoms with van der Waals surface area (Å²) < 4.78 is 13.9. The van der Waals surface area contributed by atoms with E-state index in [1.54, 1.807) is 0 Å². The quantitative estimate of drug-likeness (QED) is 0.705. The van der Waals surface area contributed by atoms with E-state index in [1.807, 2.05) is 39.0 Å². The number of rotatable bonds is 2. The van der Waals surface area contributed by atoms with Crippen molar-refractivity contribution >= 4 is 11.0 Å². The molecule has 2 unspecified atom stereocenters. The van der Waals surface area contributed by atoms with Gasteiger partial charge < -0.3 is 0 Å². The van der Waals surface area contributed by atoms with Crippen LogP contribution in [0.4, 0.5) is 0 Å². The SMILES string of the molecule is CC(C)(C)[S@](=O)N1CC1c1ccccc1. The molecule has 1 fully saturated rings. The van der Waals surface area contributed by atoms with Crippen molar-refractivity contribution in [2.45, 2.75) is 31.6 Å². The third-order valence-corrected chi connectivity index (χ3v) is 4.37. The second-order valence-corrected chi connectivity index (χ2v) is 7.08. The minimum absolute atomic E-state index is 0.149. The van der Waals surface area contributed by atoms with Gasteiger partial charge in [-0.05, 0) is 26.3 Å². The van der Waals surface area contributed by atoms with Gasteiger partial charge in [0.1, 0.15) is 11.0 Å². The fraction of sp³-hybridized carbons (Fsp3) is 0.500. The van der Waals surface area contributed by atoms with Gasteiger partial charge >= 0.3 is 0 Å². The molecule has 1 aromatic rings. The number of nitrogens with zero attached hydrogens (tertiary/aromatic N) is 1. The van der Waals surface area contributed by atoms with Crippen LogP contribution in [0.25, 0.3) is 0 Å².